The maximum absolute atomic E-state index is 5.43. The Morgan fingerprint density at radius 3 is 2.95 bits per heavy atom. The van der Waals surface area contributed by atoms with E-state index < -0.39 is 0 Å². The zero-order valence-corrected chi connectivity index (χ0v) is 11.0. The summed E-state index contributed by atoms with van der Waals surface area (Å²) >= 11 is 0. The second-order valence-electron chi connectivity index (χ2n) is 5.76. The number of piperidine rings is 1. The van der Waals surface area contributed by atoms with Crippen LogP contribution in [0.4, 0.5) is 6.01 Å². The van der Waals surface area contributed by atoms with Gasteiger partial charge in [-0.2, -0.15) is 4.98 Å². The summed E-state index contributed by atoms with van der Waals surface area (Å²) in [7, 11) is 0. The number of hydrogen-bond donors (Lipinski definition) is 0. The Morgan fingerprint density at radius 2 is 2.21 bits per heavy atom. The molecule has 2 heterocycles. The van der Waals surface area contributed by atoms with E-state index in [1.807, 2.05) is 30.3 Å². The van der Waals surface area contributed by atoms with E-state index in [0.29, 0.717) is 17.3 Å². The monoisotopic (exact) mass is 255 g/mol. The Balaban J connectivity index is 1.57. The molecule has 1 aromatic heterocycles. The molecule has 1 saturated heterocycles. The summed E-state index contributed by atoms with van der Waals surface area (Å²) in [6, 6.07) is 10.7. The SMILES string of the molecule is CCC12CC1CN(c1nc(-c3ccccc3)no1)C2. The van der Waals surface area contributed by atoms with Gasteiger partial charge in [0, 0.05) is 18.7 Å². The quantitative estimate of drug-likeness (QED) is 0.845. The minimum atomic E-state index is 0.543. The molecule has 98 valence electrons. The number of aromatic nitrogens is 2. The summed E-state index contributed by atoms with van der Waals surface area (Å²) in [4.78, 5) is 6.78. The average molecular weight is 255 g/mol. The lowest BCUT2D eigenvalue weighted by molar-refractivity contribution is 0.410. The van der Waals surface area contributed by atoms with E-state index in [9.17, 15) is 0 Å². The van der Waals surface area contributed by atoms with Crippen LogP contribution in [0.1, 0.15) is 19.8 Å². The van der Waals surface area contributed by atoms with Gasteiger partial charge in [-0.15, -0.1) is 0 Å². The van der Waals surface area contributed by atoms with Crippen molar-refractivity contribution >= 4 is 6.01 Å². The molecule has 2 fully saturated rings. The highest BCUT2D eigenvalue weighted by molar-refractivity contribution is 5.55. The molecule has 1 aliphatic heterocycles. The van der Waals surface area contributed by atoms with Crippen molar-refractivity contribution in [1.82, 2.24) is 10.1 Å². The van der Waals surface area contributed by atoms with Gasteiger partial charge in [-0.3, -0.25) is 0 Å². The van der Waals surface area contributed by atoms with Gasteiger partial charge in [-0.1, -0.05) is 42.4 Å². The smallest absolute Gasteiger partial charge is 0.324 e. The lowest BCUT2D eigenvalue weighted by Gasteiger charge is -2.16. The zero-order chi connectivity index (χ0) is 12.9. The number of hydrogen-bond acceptors (Lipinski definition) is 4. The predicted molar refractivity (Wildman–Crippen MR) is 72.8 cm³/mol. The summed E-state index contributed by atoms with van der Waals surface area (Å²) < 4.78 is 5.43. The van der Waals surface area contributed by atoms with Gasteiger partial charge in [0.1, 0.15) is 0 Å². The summed E-state index contributed by atoms with van der Waals surface area (Å²) in [5.74, 6) is 1.52. The summed E-state index contributed by atoms with van der Waals surface area (Å²) in [6.45, 7) is 4.43. The molecule has 4 nitrogen and oxygen atoms in total. The van der Waals surface area contributed by atoms with Crippen molar-refractivity contribution in [2.24, 2.45) is 11.3 Å². The van der Waals surface area contributed by atoms with Crippen molar-refractivity contribution < 1.29 is 4.52 Å². The molecule has 0 radical (unpaired) electrons. The summed E-state index contributed by atoms with van der Waals surface area (Å²) in [5.41, 5.74) is 1.55. The summed E-state index contributed by atoms with van der Waals surface area (Å²) in [6.07, 6.45) is 2.63. The average Bonchev–Trinajstić information content (AvgIpc) is 2.85. The Hall–Kier alpha value is -1.84. The fourth-order valence-corrected chi connectivity index (χ4v) is 3.33. The predicted octanol–water partition coefficient (Wildman–Crippen LogP) is 2.97. The van der Waals surface area contributed by atoms with Crippen LogP contribution >= 0.6 is 0 Å². The van der Waals surface area contributed by atoms with Gasteiger partial charge in [0.2, 0.25) is 5.82 Å². The number of rotatable bonds is 3. The van der Waals surface area contributed by atoms with E-state index in [1.165, 1.54) is 12.8 Å². The number of anilines is 1. The van der Waals surface area contributed by atoms with Gasteiger partial charge < -0.3 is 9.42 Å². The second kappa shape index (κ2) is 3.83. The highest BCUT2D eigenvalue weighted by atomic mass is 16.5. The molecule has 1 saturated carbocycles. The maximum Gasteiger partial charge on any atom is 0.324 e. The third-order valence-electron chi connectivity index (χ3n) is 4.73. The van der Waals surface area contributed by atoms with Crippen LogP contribution in [-0.2, 0) is 0 Å². The topological polar surface area (TPSA) is 42.2 Å². The number of fused-ring (bicyclic) bond motifs is 1. The second-order valence-corrected chi connectivity index (χ2v) is 5.76. The molecule has 1 aromatic carbocycles. The van der Waals surface area contributed by atoms with Crippen LogP contribution in [0.25, 0.3) is 11.4 Å². The highest BCUT2D eigenvalue weighted by Crippen LogP contribution is 2.60. The van der Waals surface area contributed by atoms with Gasteiger partial charge in [0.25, 0.3) is 0 Å². The van der Waals surface area contributed by atoms with E-state index >= 15 is 0 Å². The van der Waals surface area contributed by atoms with Crippen molar-refractivity contribution in [2.75, 3.05) is 18.0 Å². The molecule has 1 aliphatic carbocycles. The van der Waals surface area contributed by atoms with Crippen LogP contribution in [0.15, 0.2) is 34.9 Å². The van der Waals surface area contributed by atoms with Gasteiger partial charge in [-0.25, -0.2) is 0 Å². The molecule has 4 rings (SSSR count). The minimum Gasteiger partial charge on any atom is -0.324 e. The Labute approximate surface area is 112 Å². The molecule has 19 heavy (non-hydrogen) atoms. The van der Waals surface area contributed by atoms with Crippen LogP contribution in [-0.4, -0.2) is 23.2 Å². The fourth-order valence-electron chi connectivity index (χ4n) is 3.33. The van der Waals surface area contributed by atoms with Crippen molar-refractivity contribution in [3.05, 3.63) is 30.3 Å². The van der Waals surface area contributed by atoms with Crippen LogP contribution in [0.2, 0.25) is 0 Å². The van der Waals surface area contributed by atoms with Gasteiger partial charge >= 0.3 is 6.01 Å². The first-order valence-corrected chi connectivity index (χ1v) is 6.95. The molecule has 2 aliphatic rings. The van der Waals surface area contributed by atoms with E-state index in [-0.39, 0.29) is 0 Å². The van der Waals surface area contributed by atoms with Crippen LogP contribution in [0.3, 0.4) is 0 Å². The lowest BCUT2D eigenvalue weighted by atomic mass is 10.0. The van der Waals surface area contributed by atoms with Crippen LogP contribution in [0.5, 0.6) is 0 Å². The first-order chi connectivity index (χ1) is 9.31. The zero-order valence-electron chi connectivity index (χ0n) is 11.0. The van der Waals surface area contributed by atoms with E-state index in [1.54, 1.807) is 0 Å². The Bertz CT molecular complexity index is 590. The molecule has 0 spiro atoms. The van der Waals surface area contributed by atoms with Crippen molar-refractivity contribution in [2.45, 2.75) is 19.8 Å². The molecular formula is C15H17N3O. The molecule has 4 heteroatoms. The normalized spacial score (nSPS) is 28.5. The highest BCUT2D eigenvalue weighted by Gasteiger charge is 2.59. The Morgan fingerprint density at radius 1 is 1.37 bits per heavy atom. The number of benzene rings is 1. The molecule has 2 aromatic rings. The standard InChI is InChI=1S/C15H17N3O/c1-2-15-8-12(15)9-18(10-15)14-16-13(17-19-14)11-6-4-3-5-7-11/h3-7,12H,2,8-10H2,1H3. The van der Waals surface area contributed by atoms with Gasteiger partial charge in [0.05, 0.1) is 0 Å². The molecule has 2 atom stereocenters. The first kappa shape index (κ1) is 11.0. The van der Waals surface area contributed by atoms with Crippen molar-refractivity contribution in [1.29, 1.82) is 0 Å². The minimum absolute atomic E-state index is 0.543. The molecule has 2 unspecified atom stereocenters. The largest absolute Gasteiger partial charge is 0.324 e. The van der Waals surface area contributed by atoms with E-state index in [0.717, 1.165) is 24.6 Å². The lowest BCUT2D eigenvalue weighted by Crippen LogP contribution is -2.24. The summed E-state index contributed by atoms with van der Waals surface area (Å²) in [5, 5.41) is 4.09. The van der Waals surface area contributed by atoms with Gasteiger partial charge in [-0.05, 0) is 24.2 Å². The Kier molecular flexibility index (Phi) is 2.22. The van der Waals surface area contributed by atoms with Crippen LogP contribution in [0, 0.1) is 11.3 Å². The molecular weight excluding hydrogens is 238 g/mol. The molecule has 0 amide bonds. The molecule has 0 N–H and O–H groups in total. The molecule has 0 bridgehead atoms. The maximum atomic E-state index is 5.43. The first-order valence-electron chi connectivity index (χ1n) is 6.95. The third-order valence-corrected chi connectivity index (χ3v) is 4.73. The van der Waals surface area contributed by atoms with Crippen LogP contribution < -0.4 is 4.90 Å². The van der Waals surface area contributed by atoms with E-state index in [2.05, 4.69) is 22.0 Å². The third kappa shape index (κ3) is 1.66. The van der Waals surface area contributed by atoms with Crippen molar-refractivity contribution in [3.8, 4) is 11.4 Å². The number of nitrogens with zero attached hydrogens (tertiary/aromatic N) is 3. The van der Waals surface area contributed by atoms with Gasteiger partial charge in [0.15, 0.2) is 0 Å². The van der Waals surface area contributed by atoms with Crippen molar-refractivity contribution in [3.63, 3.8) is 0 Å². The van der Waals surface area contributed by atoms with E-state index in [4.69, 9.17) is 4.52 Å². The fraction of sp³-hybridized carbons (Fsp3) is 0.467.